The fourth-order valence-corrected chi connectivity index (χ4v) is 2.24. The molecule has 6 heteroatoms. The van der Waals surface area contributed by atoms with E-state index in [1.54, 1.807) is 26.4 Å². The second-order valence-corrected chi connectivity index (χ2v) is 5.16. The van der Waals surface area contributed by atoms with Crippen LogP contribution in [0.5, 0.6) is 5.75 Å². The van der Waals surface area contributed by atoms with E-state index in [1.807, 2.05) is 6.07 Å². The van der Waals surface area contributed by atoms with Crippen molar-refractivity contribution in [3.63, 3.8) is 0 Å². The second-order valence-electron chi connectivity index (χ2n) is 5.16. The quantitative estimate of drug-likeness (QED) is 0.654. The normalized spacial score (nSPS) is 12.5. The van der Waals surface area contributed by atoms with Gasteiger partial charge in [-0.3, -0.25) is 4.90 Å². The van der Waals surface area contributed by atoms with Crippen molar-refractivity contribution in [3.8, 4) is 5.75 Å². The van der Waals surface area contributed by atoms with Crippen LogP contribution in [0.3, 0.4) is 0 Å². The second kappa shape index (κ2) is 9.05. The molecule has 0 bridgehead atoms. The predicted molar refractivity (Wildman–Crippen MR) is 84.9 cm³/mol. The molecular weight excluding hydrogens is 269 g/mol. The van der Waals surface area contributed by atoms with Crippen LogP contribution in [-0.2, 0) is 11.3 Å². The van der Waals surface area contributed by atoms with Crippen molar-refractivity contribution in [2.45, 2.75) is 32.9 Å². The maximum atomic E-state index is 9.52. The smallest absolute Gasteiger partial charge is 0.488 e. The summed E-state index contributed by atoms with van der Waals surface area (Å²) in [7, 11) is 1.81. The van der Waals surface area contributed by atoms with Gasteiger partial charge in [0.05, 0.1) is 13.7 Å². The molecule has 1 rings (SSSR count). The predicted octanol–water partition coefficient (Wildman–Crippen LogP) is 0.622. The molecule has 0 aromatic heterocycles. The molecule has 118 valence electrons. The molecule has 1 aromatic carbocycles. The van der Waals surface area contributed by atoms with E-state index < -0.39 is 7.12 Å². The van der Waals surface area contributed by atoms with E-state index >= 15 is 0 Å². The zero-order chi connectivity index (χ0) is 15.8. The van der Waals surface area contributed by atoms with Crippen LogP contribution in [0.1, 0.15) is 25.8 Å². The molecule has 0 saturated heterocycles. The van der Waals surface area contributed by atoms with E-state index in [2.05, 4.69) is 18.7 Å². The van der Waals surface area contributed by atoms with Gasteiger partial charge in [0, 0.05) is 26.2 Å². The van der Waals surface area contributed by atoms with E-state index in [-0.39, 0.29) is 0 Å². The third-order valence-electron chi connectivity index (χ3n) is 3.80. The summed E-state index contributed by atoms with van der Waals surface area (Å²) in [4.78, 5) is 2.27. The first-order chi connectivity index (χ1) is 10.0. The first-order valence-electron chi connectivity index (χ1n) is 7.29. The fraction of sp³-hybridized carbons (Fsp3) is 0.600. The van der Waals surface area contributed by atoms with E-state index in [0.29, 0.717) is 30.4 Å². The van der Waals surface area contributed by atoms with Crippen molar-refractivity contribution in [1.29, 1.82) is 0 Å². The molecule has 0 aliphatic carbocycles. The van der Waals surface area contributed by atoms with Crippen molar-refractivity contribution < 1.29 is 19.5 Å². The first kappa shape index (κ1) is 18.0. The minimum atomic E-state index is -1.48. The van der Waals surface area contributed by atoms with Crippen molar-refractivity contribution >= 4 is 12.6 Å². The summed E-state index contributed by atoms with van der Waals surface area (Å²) >= 11 is 0. The summed E-state index contributed by atoms with van der Waals surface area (Å²) in [5, 5.41) is 19.0. The zero-order valence-corrected chi connectivity index (χ0v) is 13.4. The van der Waals surface area contributed by atoms with E-state index in [1.165, 1.54) is 0 Å². The molecule has 2 N–H and O–H groups in total. The van der Waals surface area contributed by atoms with Crippen LogP contribution >= 0.6 is 0 Å². The molecule has 0 radical (unpaired) electrons. The molecular formula is C15H26BNO4. The lowest BCUT2D eigenvalue weighted by Crippen LogP contribution is -2.39. The first-order valence-corrected chi connectivity index (χ1v) is 7.29. The number of methoxy groups -OCH3 is 2. The molecule has 0 saturated carbocycles. The van der Waals surface area contributed by atoms with Crippen LogP contribution in [0.15, 0.2) is 18.2 Å². The Bertz CT molecular complexity index is 428. The van der Waals surface area contributed by atoms with Crippen LogP contribution in [0.4, 0.5) is 0 Å². The van der Waals surface area contributed by atoms with Gasteiger partial charge in [-0.2, -0.15) is 0 Å². The third-order valence-corrected chi connectivity index (χ3v) is 3.80. The van der Waals surface area contributed by atoms with Crippen molar-refractivity contribution in [1.82, 2.24) is 4.90 Å². The molecule has 5 nitrogen and oxygen atoms in total. The Morgan fingerprint density at radius 2 is 2.00 bits per heavy atom. The number of hydrogen-bond donors (Lipinski definition) is 2. The van der Waals surface area contributed by atoms with Crippen molar-refractivity contribution in [2.75, 3.05) is 27.4 Å². The van der Waals surface area contributed by atoms with E-state index in [9.17, 15) is 10.0 Å². The van der Waals surface area contributed by atoms with Gasteiger partial charge in [-0.25, -0.2) is 0 Å². The molecule has 0 fully saturated rings. The summed E-state index contributed by atoms with van der Waals surface area (Å²) in [6, 6.07) is 5.68. The summed E-state index contributed by atoms with van der Waals surface area (Å²) in [5.74, 6) is 0.713. The minimum absolute atomic E-state index is 0.384. The third kappa shape index (κ3) is 5.32. The average Bonchev–Trinajstić information content (AvgIpc) is 2.49. The van der Waals surface area contributed by atoms with Crippen molar-refractivity contribution in [3.05, 3.63) is 23.8 Å². The van der Waals surface area contributed by atoms with Gasteiger partial charge in [-0.15, -0.1) is 0 Å². The van der Waals surface area contributed by atoms with Gasteiger partial charge in [-0.1, -0.05) is 13.0 Å². The highest BCUT2D eigenvalue weighted by molar-refractivity contribution is 6.59. The average molecular weight is 295 g/mol. The Balaban J connectivity index is 2.99. The monoisotopic (exact) mass is 295 g/mol. The van der Waals surface area contributed by atoms with Crippen molar-refractivity contribution in [2.24, 2.45) is 0 Å². The van der Waals surface area contributed by atoms with Crippen LogP contribution in [0.25, 0.3) is 0 Å². The Kier molecular flexibility index (Phi) is 7.74. The fourth-order valence-electron chi connectivity index (χ4n) is 2.24. The summed E-state index contributed by atoms with van der Waals surface area (Å²) in [6.45, 7) is 6.36. The summed E-state index contributed by atoms with van der Waals surface area (Å²) < 4.78 is 10.4. The van der Waals surface area contributed by atoms with Gasteiger partial charge in [0.15, 0.2) is 0 Å². The highest BCUT2D eigenvalue weighted by Gasteiger charge is 2.20. The lowest BCUT2D eigenvalue weighted by atomic mass is 9.76. The molecule has 1 atom stereocenters. The van der Waals surface area contributed by atoms with Gasteiger partial charge in [0.1, 0.15) is 5.75 Å². The Hall–Kier alpha value is -1.08. The molecule has 0 amide bonds. The lowest BCUT2D eigenvalue weighted by molar-refractivity contribution is 0.118. The van der Waals surface area contributed by atoms with Gasteiger partial charge in [0.2, 0.25) is 0 Å². The van der Waals surface area contributed by atoms with Gasteiger partial charge < -0.3 is 19.5 Å². The topological polar surface area (TPSA) is 62.2 Å². The molecule has 1 aromatic rings. The van der Waals surface area contributed by atoms with Gasteiger partial charge in [0.25, 0.3) is 0 Å². The summed E-state index contributed by atoms with van der Waals surface area (Å²) in [6.07, 6.45) is 1.02. The zero-order valence-electron chi connectivity index (χ0n) is 13.4. The van der Waals surface area contributed by atoms with Crippen LogP contribution in [0, 0.1) is 0 Å². The van der Waals surface area contributed by atoms with E-state index in [0.717, 1.165) is 18.5 Å². The number of nitrogens with zero attached hydrogens (tertiary/aromatic N) is 1. The molecule has 21 heavy (non-hydrogen) atoms. The Morgan fingerprint density at radius 3 is 2.52 bits per heavy atom. The molecule has 0 aliphatic rings. The number of ether oxygens (including phenoxy) is 2. The summed E-state index contributed by atoms with van der Waals surface area (Å²) in [5.41, 5.74) is 1.38. The van der Waals surface area contributed by atoms with Crippen LogP contribution < -0.4 is 10.2 Å². The molecule has 0 heterocycles. The Morgan fingerprint density at radius 1 is 1.29 bits per heavy atom. The number of rotatable bonds is 9. The van der Waals surface area contributed by atoms with Crippen LogP contribution in [-0.4, -0.2) is 55.5 Å². The van der Waals surface area contributed by atoms with E-state index in [4.69, 9.17) is 9.47 Å². The maximum Gasteiger partial charge on any atom is 0.488 e. The largest absolute Gasteiger partial charge is 0.497 e. The lowest BCUT2D eigenvalue weighted by Gasteiger charge is -2.29. The van der Waals surface area contributed by atoms with Gasteiger partial charge >= 0.3 is 7.12 Å². The molecule has 1 unspecified atom stereocenters. The highest BCUT2D eigenvalue weighted by Crippen LogP contribution is 2.15. The molecule has 0 spiro atoms. The Labute approximate surface area is 127 Å². The van der Waals surface area contributed by atoms with Crippen LogP contribution in [0.2, 0.25) is 0 Å². The molecule has 0 aliphatic heterocycles. The highest BCUT2D eigenvalue weighted by atomic mass is 16.5. The number of benzene rings is 1. The standard InChI is InChI=1S/C15H26BNO4/c1-5-12(2)17(8-9-20-3)11-13-10-14(21-4)6-7-15(13)16(18)19/h6-7,10,12,18-19H,5,8-9,11H2,1-4H3. The maximum absolute atomic E-state index is 9.52. The SMILES string of the molecule is CCC(C)N(CCOC)Cc1cc(OC)ccc1B(O)O. The minimum Gasteiger partial charge on any atom is -0.497 e. The van der Waals surface area contributed by atoms with Gasteiger partial charge in [-0.05, 0) is 36.5 Å². The number of hydrogen-bond acceptors (Lipinski definition) is 5.